The largest absolute Gasteiger partial charge is 0.409 e. The number of amidine groups is 1. The highest BCUT2D eigenvalue weighted by molar-refractivity contribution is 14.1. The Balaban J connectivity index is 2.70. The van der Waals surface area contributed by atoms with E-state index in [1.165, 1.54) is 0 Å². The maximum atomic E-state index is 11.1. The summed E-state index contributed by atoms with van der Waals surface area (Å²) in [5, 5.41) is 13.3. The molecule has 0 unspecified atom stereocenters. The molecule has 0 aliphatic carbocycles. The van der Waals surface area contributed by atoms with E-state index >= 15 is 0 Å². The monoisotopic (exact) mass is 305 g/mol. The maximum Gasteiger partial charge on any atom is 0.294 e. The van der Waals surface area contributed by atoms with Crippen molar-refractivity contribution >= 4 is 40.0 Å². The number of nitrogens with one attached hydrogen (secondary N) is 1. The first-order valence-corrected chi connectivity index (χ1v) is 4.76. The molecule has 0 bridgehead atoms. The molecule has 0 heterocycles. The summed E-state index contributed by atoms with van der Waals surface area (Å²) in [6.45, 7) is 0. The van der Waals surface area contributed by atoms with Crippen molar-refractivity contribution in [2.24, 2.45) is 10.9 Å². The number of nitrogens with zero attached hydrogens (tertiary/aromatic N) is 1. The molecule has 1 amide bonds. The number of anilines is 1. The number of oxime groups is 1. The van der Waals surface area contributed by atoms with Gasteiger partial charge < -0.3 is 16.3 Å². The summed E-state index contributed by atoms with van der Waals surface area (Å²) < 4.78 is 1.06. The minimum absolute atomic E-state index is 0.469. The van der Waals surface area contributed by atoms with Gasteiger partial charge in [0.2, 0.25) is 5.84 Å². The second kappa shape index (κ2) is 4.80. The summed E-state index contributed by atoms with van der Waals surface area (Å²) in [6.07, 6.45) is 0. The van der Waals surface area contributed by atoms with Crippen molar-refractivity contribution in [3.63, 3.8) is 0 Å². The van der Waals surface area contributed by atoms with Crippen molar-refractivity contribution in [3.8, 4) is 0 Å². The third kappa shape index (κ3) is 2.87. The number of benzene rings is 1. The molecule has 0 spiro atoms. The summed E-state index contributed by atoms with van der Waals surface area (Å²) >= 11 is 2.15. The molecule has 0 radical (unpaired) electrons. The van der Waals surface area contributed by atoms with E-state index in [9.17, 15) is 4.79 Å². The Morgan fingerprint density at radius 3 is 2.50 bits per heavy atom. The molecule has 0 aromatic heterocycles. The molecule has 4 N–H and O–H groups in total. The van der Waals surface area contributed by atoms with Crippen LogP contribution in [-0.4, -0.2) is 17.0 Å². The summed E-state index contributed by atoms with van der Waals surface area (Å²) in [7, 11) is 0. The van der Waals surface area contributed by atoms with Gasteiger partial charge >= 0.3 is 0 Å². The summed E-state index contributed by atoms with van der Waals surface area (Å²) in [5.74, 6) is -1.10. The van der Waals surface area contributed by atoms with Crippen molar-refractivity contribution < 1.29 is 10.0 Å². The first-order chi connectivity index (χ1) is 6.63. The van der Waals surface area contributed by atoms with Crippen LogP contribution < -0.4 is 11.1 Å². The predicted octanol–water partition coefficient (Wildman–Crippen LogP) is 0.976. The van der Waals surface area contributed by atoms with Gasteiger partial charge in [0, 0.05) is 9.26 Å². The van der Waals surface area contributed by atoms with E-state index in [4.69, 9.17) is 10.9 Å². The van der Waals surface area contributed by atoms with Gasteiger partial charge in [0.05, 0.1) is 0 Å². The van der Waals surface area contributed by atoms with Crippen LogP contribution in [0.2, 0.25) is 0 Å². The van der Waals surface area contributed by atoms with Gasteiger partial charge in [-0.1, -0.05) is 5.16 Å². The Bertz CT molecular complexity index is 361. The van der Waals surface area contributed by atoms with Gasteiger partial charge in [0.15, 0.2) is 0 Å². The van der Waals surface area contributed by atoms with Gasteiger partial charge in [-0.25, -0.2) is 0 Å². The van der Waals surface area contributed by atoms with Crippen molar-refractivity contribution in [1.29, 1.82) is 0 Å². The third-order valence-corrected chi connectivity index (χ3v) is 2.16. The molecule has 74 valence electrons. The second-order valence-corrected chi connectivity index (χ2v) is 3.69. The fourth-order valence-corrected chi connectivity index (χ4v) is 1.13. The Morgan fingerprint density at radius 1 is 1.43 bits per heavy atom. The average molecular weight is 305 g/mol. The number of carbonyl (C=O) groups is 1. The van der Waals surface area contributed by atoms with Gasteiger partial charge in [-0.2, -0.15) is 0 Å². The molecule has 1 rings (SSSR count). The zero-order valence-electron chi connectivity index (χ0n) is 7.07. The molecule has 0 atom stereocenters. The van der Waals surface area contributed by atoms with E-state index in [-0.39, 0.29) is 0 Å². The third-order valence-electron chi connectivity index (χ3n) is 1.44. The lowest BCUT2D eigenvalue weighted by Crippen LogP contribution is -2.29. The van der Waals surface area contributed by atoms with E-state index in [0.717, 1.165) is 3.57 Å². The molecule has 1 aromatic rings. The molecule has 6 heteroatoms. The lowest BCUT2D eigenvalue weighted by atomic mass is 10.3. The first-order valence-electron chi connectivity index (χ1n) is 3.68. The first kappa shape index (κ1) is 10.8. The number of hydrogen-bond acceptors (Lipinski definition) is 3. The highest BCUT2D eigenvalue weighted by Crippen LogP contribution is 2.10. The highest BCUT2D eigenvalue weighted by atomic mass is 127. The van der Waals surface area contributed by atoms with Gasteiger partial charge in [-0.05, 0) is 46.9 Å². The molecule has 0 saturated carbocycles. The lowest BCUT2D eigenvalue weighted by molar-refractivity contribution is -0.110. The molecule has 14 heavy (non-hydrogen) atoms. The van der Waals surface area contributed by atoms with E-state index in [1.54, 1.807) is 12.1 Å². The molecule has 0 aliphatic rings. The molecule has 1 aromatic carbocycles. The molecular formula is C8H8IN3O2. The Kier molecular flexibility index (Phi) is 3.69. The fraction of sp³-hybridized carbons (Fsp3) is 0. The summed E-state index contributed by atoms with van der Waals surface area (Å²) in [5.41, 5.74) is 5.68. The van der Waals surface area contributed by atoms with Crippen LogP contribution in [-0.2, 0) is 4.79 Å². The Hall–Kier alpha value is -1.31. The van der Waals surface area contributed by atoms with E-state index in [0.29, 0.717) is 5.69 Å². The molecular weight excluding hydrogens is 297 g/mol. The average Bonchev–Trinajstić information content (AvgIpc) is 2.20. The lowest BCUT2D eigenvalue weighted by Gasteiger charge is -2.02. The van der Waals surface area contributed by atoms with Crippen molar-refractivity contribution in [3.05, 3.63) is 27.8 Å². The SMILES string of the molecule is N/C(=N/O)C(=O)Nc1ccc(I)cc1. The van der Waals surface area contributed by atoms with Crippen molar-refractivity contribution in [2.45, 2.75) is 0 Å². The zero-order chi connectivity index (χ0) is 10.6. The second-order valence-electron chi connectivity index (χ2n) is 2.45. The van der Waals surface area contributed by atoms with Crippen LogP contribution in [0.25, 0.3) is 0 Å². The number of nitrogens with two attached hydrogens (primary N) is 1. The predicted molar refractivity (Wildman–Crippen MR) is 61.2 cm³/mol. The summed E-state index contributed by atoms with van der Waals surface area (Å²) in [6, 6.07) is 7.12. The minimum Gasteiger partial charge on any atom is -0.409 e. The van der Waals surface area contributed by atoms with Gasteiger partial charge in [0.1, 0.15) is 0 Å². The van der Waals surface area contributed by atoms with Crippen LogP contribution in [0.5, 0.6) is 0 Å². The Labute approximate surface area is 94.1 Å². The van der Waals surface area contributed by atoms with Crippen LogP contribution in [0.3, 0.4) is 0 Å². The standard InChI is InChI=1S/C8H8IN3O2/c9-5-1-3-6(4-2-5)11-8(13)7(10)12-14/h1-4,14H,(H2,10,12)(H,11,13). The zero-order valence-corrected chi connectivity index (χ0v) is 9.22. The van der Waals surface area contributed by atoms with Crippen LogP contribution in [0, 0.1) is 3.57 Å². The van der Waals surface area contributed by atoms with Gasteiger partial charge in [0.25, 0.3) is 5.91 Å². The van der Waals surface area contributed by atoms with Crippen molar-refractivity contribution in [1.82, 2.24) is 0 Å². The molecule has 0 saturated heterocycles. The molecule has 0 aliphatic heterocycles. The number of hydrogen-bond donors (Lipinski definition) is 3. The van der Waals surface area contributed by atoms with Crippen LogP contribution in [0.4, 0.5) is 5.69 Å². The molecule has 5 nitrogen and oxygen atoms in total. The molecule has 0 fully saturated rings. The van der Waals surface area contributed by atoms with Crippen LogP contribution >= 0.6 is 22.6 Å². The summed E-state index contributed by atoms with van der Waals surface area (Å²) in [4.78, 5) is 11.1. The minimum atomic E-state index is -0.631. The topological polar surface area (TPSA) is 87.7 Å². The van der Waals surface area contributed by atoms with Crippen molar-refractivity contribution in [2.75, 3.05) is 5.32 Å². The number of rotatable bonds is 1. The Morgan fingerprint density at radius 2 is 2.00 bits per heavy atom. The maximum absolute atomic E-state index is 11.1. The highest BCUT2D eigenvalue weighted by Gasteiger charge is 2.06. The quantitative estimate of drug-likeness (QED) is 0.238. The number of halogens is 1. The van der Waals surface area contributed by atoms with E-state index in [2.05, 4.69) is 33.1 Å². The van der Waals surface area contributed by atoms with E-state index < -0.39 is 11.7 Å². The van der Waals surface area contributed by atoms with Gasteiger partial charge in [-0.15, -0.1) is 0 Å². The number of carbonyl (C=O) groups excluding carboxylic acids is 1. The fourth-order valence-electron chi connectivity index (χ4n) is 0.774. The normalized spacial score (nSPS) is 11.1. The van der Waals surface area contributed by atoms with Crippen LogP contribution in [0.1, 0.15) is 0 Å². The van der Waals surface area contributed by atoms with Crippen LogP contribution in [0.15, 0.2) is 29.4 Å². The smallest absolute Gasteiger partial charge is 0.294 e. The van der Waals surface area contributed by atoms with Gasteiger partial charge in [-0.3, -0.25) is 4.79 Å². The van der Waals surface area contributed by atoms with E-state index in [1.807, 2.05) is 12.1 Å². The number of amides is 1.